The number of hydrogen-bond donors (Lipinski definition) is 2. The zero-order valence-electron chi connectivity index (χ0n) is 16.9. The highest BCUT2D eigenvalue weighted by molar-refractivity contribution is 14.0. The van der Waals surface area contributed by atoms with Gasteiger partial charge in [-0.25, -0.2) is 0 Å². The first kappa shape index (κ1) is 21.5. The average molecular weight is 501 g/mol. The summed E-state index contributed by atoms with van der Waals surface area (Å²) < 4.78 is 16.3. The first-order valence-electron chi connectivity index (χ1n) is 10.0. The molecule has 0 saturated heterocycles. The molecule has 1 aromatic carbocycles. The second-order valence-corrected chi connectivity index (χ2v) is 8.22. The maximum Gasteiger partial charge on any atom is 0.231 e. The lowest BCUT2D eigenvalue weighted by molar-refractivity contribution is 0.0732. The Kier molecular flexibility index (Phi) is 6.96. The van der Waals surface area contributed by atoms with Gasteiger partial charge in [-0.05, 0) is 55.2 Å². The Morgan fingerprint density at radius 3 is 2.50 bits per heavy atom. The summed E-state index contributed by atoms with van der Waals surface area (Å²) in [7, 11) is 3.63. The number of fused-ring (bicyclic) bond motifs is 1. The second-order valence-electron chi connectivity index (χ2n) is 8.22. The Morgan fingerprint density at radius 2 is 1.86 bits per heavy atom. The van der Waals surface area contributed by atoms with E-state index < -0.39 is 0 Å². The van der Waals surface area contributed by atoms with Gasteiger partial charge in [0.05, 0.1) is 0 Å². The maximum absolute atomic E-state index is 5.55. The maximum atomic E-state index is 5.55. The average Bonchev–Trinajstić information content (AvgIpc) is 3.31. The number of nitrogens with zero attached hydrogens (tertiary/aromatic N) is 1. The molecule has 1 aliphatic heterocycles. The van der Waals surface area contributed by atoms with E-state index in [1.54, 1.807) is 7.11 Å². The van der Waals surface area contributed by atoms with Crippen LogP contribution in [0.1, 0.15) is 44.1 Å². The molecule has 4 rings (SSSR count). The normalized spacial score (nSPS) is 20.7. The van der Waals surface area contributed by atoms with E-state index in [0.717, 1.165) is 43.6 Å². The molecule has 0 bridgehead atoms. The van der Waals surface area contributed by atoms with E-state index in [9.17, 15) is 0 Å². The molecule has 2 saturated carbocycles. The molecule has 2 N–H and O–H groups in total. The fraction of sp³-hybridized carbons (Fsp3) is 0.667. The fourth-order valence-electron chi connectivity index (χ4n) is 4.20. The number of rotatable bonds is 8. The standard InChI is InChI=1S/C21H31N3O3.HI/c1-22-19(23-13-20(6-3-7-20)10-11-25-2)24-14-21(8-9-21)16-4-5-17-18(12-16)27-15-26-17;/h4-5,12H,3,6-11,13-15H2,1-2H3,(H2,22,23,24);1H. The summed E-state index contributed by atoms with van der Waals surface area (Å²) in [4.78, 5) is 4.43. The third-order valence-corrected chi connectivity index (χ3v) is 6.54. The van der Waals surface area contributed by atoms with Crippen LogP contribution in [0.25, 0.3) is 0 Å². The Balaban J connectivity index is 0.00000225. The topological polar surface area (TPSA) is 64.1 Å². The largest absolute Gasteiger partial charge is 0.454 e. The van der Waals surface area contributed by atoms with Gasteiger partial charge in [0.2, 0.25) is 6.79 Å². The van der Waals surface area contributed by atoms with Crippen LogP contribution in [-0.2, 0) is 10.2 Å². The van der Waals surface area contributed by atoms with Crippen LogP contribution < -0.4 is 20.1 Å². The minimum atomic E-state index is 0. The lowest BCUT2D eigenvalue weighted by Crippen LogP contribution is -2.48. The number of guanidine groups is 1. The molecule has 0 unspecified atom stereocenters. The van der Waals surface area contributed by atoms with Crippen LogP contribution in [0, 0.1) is 5.41 Å². The van der Waals surface area contributed by atoms with Crippen molar-refractivity contribution < 1.29 is 14.2 Å². The molecule has 0 radical (unpaired) electrons. The monoisotopic (exact) mass is 501 g/mol. The van der Waals surface area contributed by atoms with Gasteiger partial charge in [0.25, 0.3) is 0 Å². The molecule has 2 aliphatic carbocycles. The van der Waals surface area contributed by atoms with E-state index in [-0.39, 0.29) is 29.4 Å². The minimum absolute atomic E-state index is 0. The van der Waals surface area contributed by atoms with E-state index in [4.69, 9.17) is 14.2 Å². The Morgan fingerprint density at radius 1 is 1.11 bits per heavy atom. The molecule has 1 heterocycles. The number of hydrogen-bond acceptors (Lipinski definition) is 4. The molecule has 3 aliphatic rings. The van der Waals surface area contributed by atoms with Crippen molar-refractivity contribution in [3.8, 4) is 11.5 Å². The number of methoxy groups -OCH3 is 1. The van der Waals surface area contributed by atoms with Gasteiger partial charge in [-0.15, -0.1) is 24.0 Å². The van der Waals surface area contributed by atoms with E-state index in [1.165, 1.54) is 37.7 Å². The molecule has 2 fully saturated rings. The predicted molar refractivity (Wildman–Crippen MR) is 121 cm³/mol. The van der Waals surface area contributed by atoms with Crippen LogP contribution in [0.2, 0.25) is 0 Å². The number of aliphatic imine (C=N–C) groups is 1. The lowest BCUT2D eigenvalue weighted by Gasteiger charge is -2.42. The molecular formula is C21H32IN3O3. The molecule has 1 aromatic rings. The van der Waals surface area contributed by atoms with Gasteiger partial charge in [0.15, 0.2) is 17.5 Å². The second kappa shape index (κ2) is 9.07. The summed E-state index contributed by atoms with van der Waals surface area (Å²) in [6, 6.07) is 6.34. The zero-order chi connectivity index (χ0) is 18.7. The van der Waals surface area contributed by atoms with Gasteiger partial charge in [-0.1, -0.05) is 12.5 Å². The lowest BCUT2D eigenvalue weighted by atomic mass is 9.67. The van der Waals surface area contributed by atoms with Crippen LogP contribution >= 0.6 is 24.0 Å². The Bertz CT molecular complexity index is 702. The van der Waals surface area contributed by atoms with Crippen molar-refractivity contribution in [2.24, 2.45) is 10.4 Å². The SMILES string of the molecule is CN=C(NCC1(CCOC)CCC1)NCC1(c2ccc3c(c2)OCO3)CC1.I. The Labute approximate surface area is 184 Å². The molecule has 28 heavy (non-hydrogen) atoms. The molecule has 156 valence electrons. The van der Waals surface area contributed by atoms with Crippen molar-refractivity contribution in [1.29, 1.82) is 0 Å². The zero-order valence-corrected chi connectivity index (χ0v) is 19.2. The van der Waals surface area contributed by atoms with Crippen molar-refractivity contribution >= 4 is 29.9 Å². The van der Waals surface area contributed by atoms with Crippen molar-refractivity contribution in [2.75, 3.05) is 40.6 Å². The van der Waals surface area contributed by atoms with Crippen LogP contribution in [0.15, 0.2) is 23.2 Å². The molecule has 0 spiro atoms. The van der Waals surface area contributed by atoms with Crippen LogP contribution in [0.3, 0.4) is 0 Å². The predicted octanol–water partition coefficient (Wildman–Crippen LogP) is 3.44. The summed E-state index contributed by atoms with van der Waals surface area (Å²) in [6.45, 7) is 3.01. The van der Waals surface area contributed by atoms with E-state index >= 15 is 0 Å². The van der Waals surface area contributed by atoms with Gasteiger partial charge in [-0.3, -0.25) is 4.99 Å². The Hall–Kier alpha value is -1.22. The van der Waals surface area contributed by atoms with Crippen molar-refractivity contribution in [1.82, 2.24) is 10.6 Å². The van der Waals surface area contributed by atoms with Gasteiger partial charge in [-0.2, -0.15) is 0 Å². The molecule has 0 amide bonds. The summed E-state index contributed by atoms with van der Waals surface area (Å²) in [6.07, 6.45) is 7.38. The van der Waals surface area contributed by atoms with Gasteiger partial charge < -0.3 is 24.8 Å². The summed E-state index contributed by atoms with van der Waals surface area (Å²) in [5.74, 6) is 2.61. The number of halogens is 1. The van der Waals surface area contributed by atoms with Gasteiger partial charge >= 0.3 is 0 Å². The highest BCUT2D eigenvalue weighted by Gasteiger charge is 2.45. The minimum Gasteiger partial charge on any atom is -0.454 e. The van der Waals surface area contributed by atoms with Crippen LogP contribution in [0.5, 0.6) is 11.5 Å². The molecule has 6 nitrogen and oxygen atoms in total. The van der Waals surface area contributed by atoms with Crippen molar-refractivity contribution in [2.45, 2.75) is 43.9 Å². The van der Waals surface area contributed by atoms with E-state index in [1.807, 2.05) is 13.1 Å². The third-order valence-electron chi connectivity index (χ3n) is 6.54. The first-order valence-corrected chi connectivity index (χ1v) is 10.0. The van der Waals surface area contributed by atoms with Crippen molar-refractivity contribution in [3.05, 3.63) is 23.8 Å². The third kappa shape index (κ3) is 4.50. The van der Waals surface area contributed by atoms with Crippen LogP contribution in [-0.4, -0.2) is 46.6 Å². The summed E-state index contributed by atoms with van der Waals surface area (Å²) >= 11 is 0. The highest BCUT2D eigenvalue weighted by Crippen LogP contribution is 2.50. The van der Waals surface area contributed by atoms with Gasteiger partial charge in [0.1, 0.15) is 0 Å². The van der Waals surface area contributed by atoms with Gasteiger partial charge in [0, 0.05) is 39.3 Å². The number of ether oxygens (including phenoxy) is 3. The fourth-order valence-corrected chi connectivity index (χ4v) is 4.20. The van der Waals surface area contributed by atoms with E-state index in [0.29, 0.717) is 12.2 Å². The van der Waals surface area contributed by atoms with E-state index in [2.05, 4.69) is 27.8 Å². The molecule has 0 atom stereocenters. The molecule has 7 heteroatoms. The summed E-state index contributed by atoms with van der Waals surface area (Å²) in [5, 5.41) is 7.10. The molecular weight excluding hydrogens is 469 g/mol. The quantitative estimate of drug-likeness (QED) is 0.325. The van der Waals surface area contributed by atoms with Crippen LogP contribution in [0.4, 0.5) is 0 Å². The first-order chi connectivity index (χ1) is 13.2. The van der Waals surface area contributed by atoms with Crippen molar-refractivity contribution in [3.63, 3.8) is 0 Å². The number of benzene rings is 1. The number of nitrogens with one attached hydrogen (secondary N) is 2. The highest BCUT2D eigenvalue weighted by atomic mass is 127. The summed E-state index contributed by atoms with van der Waals surface area (Å²) in [5.41, 5.74) is 1.88. The molecule has 0 aromatic heterocycles. The smallest absolute Gasteiger partial charge is 0.231 e.